The Morgan fingerprint density at radius 2 is 1.62 bits per heavy atom. The summed E-state index contributed by atoms with van der Waals surface area (Å²) < 4.78 is 10.9. The predicted molar refractivity (Wildman–Crippen MR) is 161 cm³/mol. The molecule has 1 amide bonds. The summed E-state index contributed by atoms with van der Waals surface area (Å²) in [5, 5.41) is 3.59. The van der Waals surface area contributed by atoms with E-state index in [1.165, 1.54) is 0 Å². The Morgan fingerprint density at radius 3 is 2.36 bits per heavy atom. The lowest BCUT2D eigenvalue weighted by Crippen LogP contribution is -2.39. The fourth-order valence-corrected chi connectivity index (χ4v) is 6.47. The quantitative estimate of drug-likeness (QED) is 0.273. The SMILES string of the molecule is Cc1ncc(Cl)cc1C(=O)NC1CCC(Cn2c(=O)n(-c3ccc4c(c3)oc(=O)n4CC3CC3)c3ccccc32)CC1. The number of hydrogen-bond donors (Lipinski definition) is 1. The van der Waals surface area contributed by atoms with Crippen LogP contribution in [-0.4, -0.2) is 30.6 Å². The number of carbonyl (C=O) groups is 1. The maximum Gasteiger partial charge on any atom is 0.419 e. The minimum Gasteiger partial charge on any atom is -0.408 e. The Morgan fingerprint density at radius 1 is 0.929 bits per heavy atom. The molecule has 0 unspecified atom stereocenters. The molecule has 7 rings (SSSR count). The van der Waals surface area contributed by atoms with Gasteiger partial charge in [0.1, 0.15) is 0 Å². The lowest BCUT2D eigenvalue weighted by atomic mass is 9.85. The molecule has 2 aliphatic rings. The zero-order valence-corrected chi connectivity index (χ0v) is 24.1. The number of hydrogen-bond acceptors (Lipinski definition) is 5. The average Bonchev–Trinajstić information content (AvgIpc) is 3.70. The van der Waals surface area contributed by atoms with Gasteiger partial charge in [-0.3, -0.25) is 23.5 Å². The minimum atomic E-state index is -0.352. The van der Waals surface area contributed by atoms with Gasteiger partial charge in [0.2, 0.25) is 0 Å². The fourth-order valence-electron chi connectivity index (χ4n) is 6.31. The zero-order chi connectivity index (χ0) is 29.0. The summed E-state index contributed by atoms with van der Waals surface area (Å²) in [6.07, 6.45) is 7.30. The third-order valence-electron chi connectivity index (χ3n) is 8.80. The summed E-state index contributed by atoms with van der Waals surface area (Å²) in [4.78, 5) is 43.5. The van der Waals surface area contributed by atoms with Gasteiger partial charge >= 0.3 is 11.4 Å². The second kappa shape index (κ2) is 10.6. The largest absolute Gasteiger partial charge is 0.419 e. The average molecular weight is 586 g/mol. The summed E-state index contributed by atoms with van der Waals surface area (Å²) >= 11 is 6.06. The van der Waals surface area contributed by atoms with Gasteiger partial charge in [0, 0.05) is 31.4 Å². The molecule has 2 saturated carbocycles. The normalized spacial score (nSPS) is 19.0. The summed E-state index contributed by atoms with van der Waals surface area (Å²) in [6, 6.07) is 15.1. The highest BCUT2D eigenvalue weighted by atomic mass is 35.5. The lowest BCUT2D eigenvalue weighted by molar-refractivity contribution is 0.0919. The van der Waals surface area contributed by atoms with Crippen molar-refractivity contribution in [2.75, 3.05) is 0 Å². The van der Waals surface area contributed by atoms with E-state index < -0.39 is 0 Å². The summed E-state index contributed by atoms with van der Waals surface area (Å²) in [5.74, 6) is 0.345. The second-order valence-corrected chi connectivity index (χ2v) is 12.2. The molecule has 0 saturated heterocycles. The number of para-hydroxylation sites is 2. The number of amides is 1. The van der Waals surface area contributed by atoms with E-state index in [1.807, 2.05) is 41.0 Å². The number of aromatic nitrogens is 4. The van der Waals surface area contributed by atoms with E-state index in [4.69, 9.17) is 16.0 Å². The van der Waals surface area contributed by atoms with Gasteiger partial charge in [0.25, 0.3) is 5.91 Å². The van der Waals surface area contributed by atoms with Gasteiger partial charge in [-0.1, -0.05) is 23.7 Å². The molecule has 42 heavy (non-hydrogen) atoms. The van der Waals surface area contributed by atoms with Gasteiger partial charge in [-0.05, 0) is 87.6 Å². The monoisotopic (exact) mass is 585 g/mol. The number of imidazole rings is 1. The third-order valence-corrected chi connectivity index (χ3v) is 9.01. The number of rotatable bonds is 7. The number of pyridine rings is 1. The van der Waals surface area contributed by atoms with Crippen LogP contribution in [0.1, 0.15) is 54.6 Å². The molecule has 0 spiro atoms. The third kappa shape index (κ3) is 4.96. The standard InChI is InChI=1S/C32H32ClN5O4/c1-19-25(14-22(33)16-34-19)30(39)35-23-10-8-21(9-11-23)17-36-26-4-2-3-5-27(26)38(31(36)40)24-12-13-28-29(15-24)42-32(41)37(28)18-20-6-7-20/h2-5,12-16,20-21,23H,6-11,17-18H2,1H3,(H,35,39). The Balaban J connectivity index is 1.11. The van der Waals surface area contributed by atoms with Crippen molar-refractivity contribution in [1.29, 1.82) is 0 Å². The summed E-state index contributed by atoms with van der Waals surface area (Å²) in [7, 11) is 0. The van der Waals surface area contributed by atoms with E-state index in [0.29, 0.717) is 52.5 Å². The van der Waals surface area contributed by atoms with Gasteiger partial charge in [-0.25, -0.2) is 9.59 Å². The topological polar surface area (TPSA) is 104 Å². The molecule has 5 aromatic rings. The van der Waals surface area contributed by atoms with Gasteiger partial charge < -0.3 is 9.73 Å². The number of aryl methyl sites for hydroxylation is 1. The van der Waals surface area contributed by atoms with Crippen LogP contribution in [0.25, 0.3) is 27.8 Å². The fraction of sp³-hybridized carbons (Fsp3) is 0.375. The van der Waals surface area contributed by atoms with Crippen molar-refractivity contribution in [3.05, 3.63) is 92.0 Å². The van der Waals surface area contributed by atoms with E-state index in [1.54, 1.807) is 34.4 Å². The molecule has 10 heteroatoms. The van der Waals surface area contributed by atoms with E-state index in [-0.39, 0.29) is 23.4 Å². The molecule has 0 bridgehead atoms. The molecule has 2 aromatic carbocycles. The zero-order valence-electron chi connectivity index (χ0n) is 23.4. The van der Waals surface area contributed by atoms with E-state index in [0.717, 1.165) is 55.1 Å². The van der Waals surface area contributed by atoms with Crippen LogP contribution in [-0.2, 0) is 13.1 Å². The Kier molecular flexibility index (Phi) is 6.77. The molecular formula is C32H32ClN5O4. The van der Waals surface area contributed by atoms with Crippen molar-refractivity contribution in [3.8, 4) is 5.69 Å². The second-order valence-electron chi connectivity index (χ2n) is 11.8. The van der Waals surface area contributed by atoms with Crippen molar-refractivity contribution in [2.24, 2.45) is 11.8 Å². The smallest absolute Gasteiger partial charge is 0.408 e. The molecule has 2 aliphatic carbocycles. The lowest BCUT2D eigenvalue weighted by Gasteiger charge is -2.29. The molecule has 9 nitrogen and oxygen atoms in total. The maximum absolute atomic E-state index is 13.9. The molecule has 0 atom stereocenters. The Hall–Kier alpha value is -4.11. The van der Waals surface area contributed by atoms with Crippen molar-refractivity contribution >= 4 is 39.6 Å². The van der Waals surface area contributed by atoms with E-state index in [2.05, 4.69) is 10.3 Å². The highest BCUT2D eigenvalue weighted by Gasteiger charge is 2.27. The first-order chi connectivity index (χ1) is 20.4. The first-order valence-corrected chi connectivity index (χ1v) is 15.0. The number of halogens is 1. The van der Waals surface area contributed by atoms with Crippen molar-refractivity contribution in [2.45, 2.75) is 64.6 Å². The van der Waals surface area contributed by atoms with Crippen LogP contribution in [0, 0.1) is 18.8 Å². The van der Waals surface area contributed by atoms with Crippen LogP contribution >= 0.6 is 11.6 Å². The maximum atomic E-state index is 13.9. The van der Waals surface area contributed by atoms with Gasteiger partial charge in [0.15, 0.2) is 5.58 Å². The first kappa shape index (κ1) is 26.8. The van der Waals surface area contributed by atoms with Crippen molar-refractivity contribution < 1.29 is 9.21 Å². The van der Waals surface area contributed by atoms with Gasteiger partial charge in [0.05, 0.1) is 38.5 Å². The highest BCUT2D eigenvalue weighted by Crippen LogP contribution is 2.32. The van der Waals surface area contributed by atoms with Crippen LogP contribution in [0.15, 0.2) is 68.7 Å². The molecule has 0 radical (unpaired) electrons. The van der Waals surface area contributed by atoms with E-state index in [9.17, 15) is 14.4 Å². The molecule has 3 heterocycles. The molecule has 3 aromatic heterocycles. The number of oxazole rings is 1. The van der Waals surface area contributed by atoms with Crippen LogP contribution in [0.4, 0.5) is 0 Å². The van der Waals surface area contributed by atoms with Crippen LogP contribution in [0.3, 0.4) is 0 Å². The number of fused-ring (bicyclic) bond motifs is 2. The Bertz CT molecular complexity index is 1940. The predicted octanol–water partition coefficient (Wildman–Crippen LogP) is 5.46. The van der Waals surface area contributed by atoms with Crippen molar-refractivity contribution in [3.63, 3.8) is 0 Å². The van der Waals surface area contributed by atoms with Crippen LogP contribution < -0.4 is 16.8 Å². The summed E-state index contributed by atoms with van der Waals surface area (Å²) in [6.45, 7) is 3.07. The minimum absolute atomic E-state index is 0.0683. The molecule has 0 aliphatic heterocycles. The molecular weight excluding hydrogens is 554 g/mol. The van der Waals surface area contributed by atoms with Gasteiger partial charge in [-0.2, -0.15) is 0 Å². The molecule has 1 N–H and O–H groups in total. The number of nitrogens with zero attached hydrogens (tertiary/aromatic N) is 4. The number of nitrogens with one attached hydrogen (secondary N) is 1. The van der Waals surface area contributed by atoms with Crippen molar-refractivity contribution in [1.82, 2.24) is 24.0 Å². The highest BCUT2D eigenvalue weighted by molar-refractivity contribution is 6.30. The first-order valence-electron chi connectivity index (χ1n) is 14.6. The number of benzene rings is 2. The Labute approximate surface area is 246 Å². The van der Waals surface area contributed by atoms with Gasteiger partial charge in [-0.15, -0.1) is 0 Å². The summed E-state index contributed by atoms with van der Waals surface area (Å²) in [5.41, 5.74) is 4.65. The molecule has 216 valence electrons. The van der Waals surface area contributed by atoms with Crippen LogP contribution in [0.5, 0.6) is 0 Å². The number of carbonyl (C=O) groups excluding carboxylic acids is 1. The molecule has 2 fully saturated rings. The van der Waals surface area contributed by atoms with Crippen LogP contribution in [0.2, 0.25) is 5.02 Å². The van der Waals surface area contributed by atoms with E-state index >= 15 is 0 Å².